The number of aliphatic carboxylic acids is 1. The van der Waals surface area contributed by atoms with E-state index < -0.39 is 12.0 Å². The predicted octanol–water partition coefficient (Wildman–Crippen LogP) is 0.113. The first-order chi connectivity index (χ1) is 9.01. The van der Waals surface area contributed by atoms with Crippen molar-refractivity contribution in [1.29, 1.82) is 0 Å². The molecule has 1 fully saturated rings. The molecule has 1 heterocycles. The number of nitrogens with one attached hydrogen (secondary N) is 1. The monoisotopic (exact) mass is 271 g/mol. The average Bonchev–Trinajstić information content (AvgIpc) is 2.37. The van der Waals surface area contributed by atoms with Crippen LogP contribution in [0.1, 0.15) is 26.7 Å². The second kappa shape index (κ2) is 6.96. The molecule has 0 aromatic heterocycles. The first-order valence-corrected chi connectivity index (χ1v) is 6.56. The van der Waals surface area contributed by atoms with Gasteiger partial charge in [0, 0.05) is 19.6 Å². The zero-order chi connectivity index (χ0) is 14.4. The largest absolute Gasteiger partial charge is 0.480 e. The van der Waals surface area contributed by atoms with Gasteiger partial charge in [-0.05, 0) is 12.8 Å². The van der Waals surface area contributed by atoms with Crippen molar-refractivity contribution in [3.63, 3.8) is 0 Å². The SMILES string of the molecule is CCCN(CCC)C(=O)N1CC(=O)NCC1C(=O)O. The van der Waals surface area contributed by atoms with Crippen molar-refractivity contribution in [3.05, 3.63) is 0 Å². The van der Waals surface area contributed by atoms with Gasteiger partial charge >= 0.3 is 12.0 Å². The van der Waals surface area contributed by atoms with E-state index in [1.165, 1.54) is 0 Å². The van der Waals surface area contributed by atoms with Gasteiger partial charge in [-0.15, -0.1) is 0 Å². The van der Waals surface area contributed by atoms with Gasteiger partial charge in [-0.2, -0.15) is 0 Å². The summed E-state index contributed by atoms with van der Waals surface area (Å²) in [6.45, 7) is 4.81. The van der Waals surface area contributed by atoms with Crippen molar-refractivity contribution < 1.29 is 19.5 Å². The Morgan fingerprint density at radius 1 is 1.37 bits per heavy atom. The number of nitrogens with zero attached hydrogens (tertiary/aromatic N) is 2. The number of hydrogen-bond acceptors (Lipinski definition) is 3. The minimum Gasteiger partial charge on any atom is -0.480 e. The van der Waals surface area contributed by atoms with Crippen LogP contribution in [0.3, 0.4) is 0 Å². The summed E-state index contributed by atoms with van der Waals surface area (Å²) in [5.74, 6) is -1.42. The van der Waals surface area contributed by atoms with Crippen LogP contribution in [0.4, 0.5) is 4.79 Å². The summed E-state index contributed by atoms with van der Waals surface area (Å²) < 4.78 is 0. The van der Waals surface area contributed by atoms with Crippen molar-refractivity contribution in [2.24, 2.45) is 0 Å². The van der Waals surface area contributed by atoms with Gasteiger partial charge in [-0.1, -0.05) is 13.8 Å². The Bertz CT molecular complexity index is 353. The van der Waals surface area contributed by atoms with Crippen molar-refractivity contribution in [1.82, 2.24) is 15.1 Å². The van der Waals surface area contributed by atoms with Crippen molar-refractivity contribution in [3.8, 4) is 0 Å². The summed E-state index contributed by atoms with van der Waals surface area (Å²) in [4.78, 5) is 37.6. The smallest absolute Gasteiger partial charge is 0.328 e. The molecule has 1 atom stereocenters. The van der Waals surface area contributed by atoms with Crippen molar-refractivity contribution in [2.45, 2.75) is 32.7 Å². The zero-order valence-corrected chi connectivity index (χ0v) is 11.4. The maximum Gasteiger partial charge on any atom is 0.328 e. The van der Waals surface area contributed by atoms with E-state index in [9.17, 15) is 14.4 Å². The summed E-state index contributed by atoms with van der Waals surface area (Å²) in [7, 11) is 0. The Labute approximate surface area is 112 Å². The third kappa shape index (κ3) is 3.84. The summed E-state index contributed by atoms with van der Waals surface area (Å²) in [6.07, 6.45) is 1.59. The molecule has 1 aliphatic heterocycles. The van der Waals surface area contributed by atoms with E-state index in [4.69, 9.17) is 5.11 Å². The Hall–Kier alpha value is -1.79. The van der Waals surface area contributed by atoms with E-state index in [1.54, 1.807) is 4.90 Å². The van der Waals surface area contributed by atoms with Gasteiger partial charge in [0.15, 0.2) is 0 Å². The van der Waals surface area contributed by atoms with Gasteiger partial charge in [0.1, 0.15) is 12.6 Å². The lowest BCUT2D eigenvalue weighted by molar-refractivity contribution is -0.144. The number of piperazine rings is 1. The van der Waals surface area contributed by atoms with E-state index in [0.29, 0.717) is 13.1 Å². The van der Waals surface area contributed by atoms with Crippen LogP contribution in [-0.4, -0.2) is 65.0 Å². The zero-order valence-electron chi connectivity index (χ0n) is 11.4. The Kier molecular flexibility index (Phi) is 5.59. The van der Waals surface area contributed by atoms with Crippen LogP contribution >= 0.6 is 0 Å². The standard InChI is InChI=1S/C12H21N3O4/c1-3-5-14(6-4-2)12(19)15-8-10(16)13-7-9(15)11(17)18/h9H,3-8H2,1-2H3,(H,13,16)(H,17,18). The molecular formula is C12H21N3O4. The number of carbonyl (C=O) groups excluding carboxylic acids is 2. The van der Waals surface area contributed by atoms with Crippen LogP contribution < -0.4 is 5.32 Å². The van der Waals surface area contributed by atoms with Crippen LogP contribution in [0.25, 0.3) is 0 Å². The minimum absolute atomic E-state index is 0.0357. The lowest BCUT2D eigenvalue weighted by atomic mass is 10.2. The summed E-state index contributed by atoms with van der Waals surface area (Å²) in [5, 5.41) is 11.6. The third-order valence-corrected chi connectivity index (χ3v) is 2.97. The molecule has 7 nitrogen and oxygen atoms in total. The first kappa shape index (κ1) is 15.3. The topological polar surface area (TPSA) is 90.0 Å². The first-order valence-electron chi connectivity index (χ1n) is 6.56. The Morgan fingerprint density at radius 3 is 2.42 bits per heavy atom. The molecule has 0 spiro atoms. The molecule has 1 saturated heterocycles. The summed E-state index contributed by atoms with van der Waals surface area (Å²) >= 11 is 0. The van der Waals surface area contributed by atoms with Crippen molar-refractivity contribution in [2.75, 3.05) is 26.2 Å². The fraction of sp³-hybridized carbons (Fsp3) is 0.750. The second-order valence-corrected chi connectivity index (χ2v) is 4.56. The number of carboxylic acid groups (broad SMARTS) is 1. The summed E-state index contributed by atoms with van der Waals surface area (Å²) in [6, 6.07) is -1.35. The molecule has 3 amide bonds. The minimum atomic E-state index is -1.10. The van der Waals surface area contributed by atoms with Crippen LogP contribution in [0.5, 0.6) is 0 Å². The Morgan fingerprint density at radius 2 is 1.95 bits per heavy atom. The fourth-order valence-corrected chi connectivity index (χ4v) is 2.09. The van der Waals surface area contributed by atoms with E-state index in [0.717, 1.165) is 17.7 Å². The normalized spacial score (nSPS) is 18.9. The number of carboxylic acids is 1. The molecule has 7 heteroatoms. The predicted molar refractivity (Wildman–Crippen MR) is 68.7 cm³/mol. The molecule has 1 aliphatic rings. The summed E-state index contributed by atoms with van der Waals surface area (Å²) in [5.41, 5.74) is 0. The molecule has 0 aromatic carbocycles. The molecular weight excluding hydrogens is 250 g/mol. The van der Waals surface area contributed by atoms with Gasteiger partial charge in [-0.3, -0.25) is 9.69 Å². The molecule has 0 saturated carbocycles. The van der Waals surface area contributed by atoms with Gasteiger partial charge in [0.25, 0.3) is 0 Å². The highest BCUT2D eigenvalue weighted by atomic mass is 16.4. The number of urea groups is 1. The highest BCUT2D eigenvalue weighted by Crippen LogP contribution is 2.10. The molecule has 0 aromatic rings. The molecule has 0 radical (unpaired) electrons. The molecule has 2 N–H and O–H groups in total. The number of amides is 3. The number of rotatable bonds is 5. The highest BCUT2D eigenvalue weighted by molar-refractivity contribution is 5.90. The maximum atomic E-state index is 12.3. The van der Waals surface area contributed by atoms with E-state index in [1.807, 2.05) is 13.8 Å². The highest BCUT2D eigenvalue weighted by Gasteiger charge is 2.36. The lowest BCUT2D eigenvalue weighted by Gasteiger charge is -2.36. The van der Waals surface area contributed by atoms with Crippen molar-refractivity contribution >= 4 is 17.9 Å². The fourth-order valence-electron chi connectivity index (χ4n) is 2.09. The maximum absolute atomic E-state index is 12.3. The van der Waals surface area contributed by atoms with Gasteiger partial charge in [-0.25, -0.2) is 9.59 Å². The molecule has 0 aliphatic carbocycles. The van der Waals surface area contributed by atoms with Gasteiger partial charge < -0.3 is 15.3 Å². The second-order valence-electron chi connectivity index (χ2n) is 4.56. The van der Waals surface area contributed by atoms with Crippen LogP contribution in [0.15, 0.2) is 0 Å². The van der Waals surface area contributed by atoms with Gasteiger partial charge in [0.2, 0.25) is 5.91 Å². The lowest BCUT2D eigenvalue weighted by Crippen LogP contribution is -2.61. The molecule has 0 bridgehead atoms. The van der Waals surface area contributed by atoms with E-state index in [2.05, 4.69) is 5.32 Å². The van der Waals surface area contributed by atoms with Crippen LogP contribution in [0.2, 0.25) is 0 Å². The quantitative estimate of drug-likeness (QED) is 0.743. The van der Waals surface area contributed by atoms with E-state index in [-0.39, 0.29) is 25.0 Å². The average molecular weight is 271 g/mol. The third-order valence-electron chi connectivity index (χ3n) is 2.97. The molecule has 1 rings (SSSR count). The van der Waals surface area contributed by atoms with Crippen LogP contribution in [0, 0.1) is 0 Å². The van der Waals surface area contributed by atoms with Gasteiger partial charge in [0.05, 0.1) is 0 Å². The van der Waals surface area contributed by atoms with E-state index >= 15 is 0 Å². The molecule has 1 unspecified atom stereocenters. The molecule has 108 valence electrons. The van der Waals surface area contributed by atoms with Crippen LogP contribution in [-0.2, 0) is 9.59 Å². The number of carbonyl (C=O) groups is 3. The Balaban J connectivity index is 2.84. The number of hydrogen-bond donors (Lipinski definition) is 2. The molecule has 19 heavy (non-hydrogen) atoms.